The molecular weight excluding hydrogens is 286 g/mol. The minimum Gasteiger partial charge on any atom is -0.288 e. The Hall–Kier alpha value is -1.76. The first-order valence-corrected chi connectivity index (χ1v) is 7.97. The number of carbonyl (C=O) groups excluding carboxylic acids is 1. The van der Waals surface area contributed by atoms with Crippen molar-refractivity contribution in [2.45, 2.75) is 40.0 Å². The zero-order valence-corrected chi connectivity index (χ0v) is 13.3. The number of carbonyl (C=O) groups is 1. The van der Waals surface area contributed by atoms with Gasteiger partial charge < -0.3 is 0 Å². The number of aromatic amines is 1. The summed E-state index contributed by atoms with van der Waals surface area (Å²) in [6, 6.07) is 0. The van der Waals surface area contributed by atoms with Crippen molar-refractivity contribution < 1.29 is 4.79 Å². The summed E-state index contributed by atoms with van der Waals surface area (Å²) >= 11 is 1.69. The zero-order chi connectivity index (χ0) is 15.0. The van der Waals surface area contributed by atoms with E-state index in [-0.39, 0.29) is 11.9 Å². The fourth-order valence-electron chi connectivity index (χ4n) is 2.83. The Kier molecular flexibility index (Phi) is 3.52. The number of aromatic nitrogens is 4. The SMILES string of the molecule is CC(C)(C)C1CCc2c(C(=O)Nc3nn[nH]n3)csc2C1. The molecule has 3 rings (SSSR count). The van der Waals surface area contributed by atoms with Gasteiger partial charge in [-0.15, -0.1) is 16.4 Å². The van der Waals surface area contributed by atoms with E-state index in [1.807, 2.05) is 5.38 Å². The van der Waals surface area contributed by atoms with Gasteiger partial charge in [-0.2, -0.15) is 5.21 Å². The molecule has 0 aromatic carbocycles. The zero-order valence-electron chi connectivity index (χ0n) is 12.4. The molecule has 7 heteroatoms. The molecule has 0 saturated heterocycles. The lowest BCUT2D eigenvalue weighted by Crippen LogP contribution is -2.27. The third-order valence-electron chi connectivity index (χ3n) is 4.20. The number of fused-ring (bicyclic) bond motifs is 1. The second kappa shape index (κ2) is 5.22. The van der Waals surface area contributed by atoms with E-state index >= 15 is 0 Å². The van der Waals surface area contributed by atoms with Gasteiger partial charge in [0.2, 0.25) is 0 Å². The van der Waals surface area contributed by atoms with Crippen LogP contribution in [0.1, 0.15) is 48.0 Å². The van der Waals surface area contributed by atoms with Crippen molar-refractivity contribution >= 4 is 23.2 Å². The number of nitrogens with one attached hydrogen (secondary N) is 2. The number of amides is 1. The van der Waals surface area contributed by atoms with Gasteiger partial charge in [-0.25, -0.2) is 0 Å². The van der Waals surface area contributed by atoms with Gasteiger partial charge >= 0.3 is 0 Å². The van der Waals surface area contributed by atoms with Crippen LogP contribution in [0, 0.1) is 11.3 Å². The summed E-state index contributed by atoms with van der Waals surface area (Å²) in [7, 11) is 0. The number of anilines is 1. The normalized spacial score (nSPS) is 18.3. The molecule has 2 N–H and O–H groups in total. The van der Waals surface area contributed by atoms with E-state index in [1.165, 1.54) is 10.4 Å². The highest BCUT2D eigenvalue weighted by molar-refractivity contribution is 7.10. The van der Waals surface area contributed by atoms with Crippen molar-refractivity contribution in [3.8, 4) is 0 Å². The summed E-state index contributed by atoms with van der Waals surface area (Å²) in [6.07, 6.45) is 3.17. The van der Waals surface area contributed by atoms with Crippen molar-refractivity contribution in [3.05, 3.63) is 21.4 Å². The average molecular weight is 305 g/mol. The van der Waals surface area contributed by atoms with Crippen LogP contribution in [-0.2, 0) is 12.8 Å². The molecular formula is C14H19N5OS. The van der Waals surface area contributed by atoms with E-state index < -0.39 is 0 Å². The molecule has 2 aromatic rings. The molecule has 21 heavy (non-hydrogen) atoms. The second-order valence-corrected chi connectivity index (χ2v) is 7.51. The topological polar surface area (TPSA) is 83.6 Å². The molecule has 1 aliphatic carbocycles. The first-order chi connectivity index (χ1) is 9.95. The Morgan fingerprint density at radius 3 is 2.95 bits per heavy atom. The Labute approximate surface area is 127 Å². The lowest BCUT2D eigenvalue weighted by Gasteiger charge is -2.34. The molecule has 2 aromatic heterocycles. The highest BCUT2D eigenvalue weighted by Crippen LogP contribution is 2.40. The van der Waals surface area contributed by atoms with Gasteiger partial charge in [0.05, 0.1) is 5.56 Å². The number of thiophene rings is 1. The predicted octanol–water partition coefficient (Wildman–Crippen LogP) is 2.66. The molecule has 0 fully saturated rings. The third-order valence-corrected chi connectivity index (χ3v) is 5.25. The van der Waals surface area contributed by atoms with Crippen LogP contribution in [0.4, 0.5) is 5.95 Å². The van der Waals surface area contributed by atoms with Gasteiger partial charge in [-0.1, -0.05) is 25.9 Å². The molecule has 6 nitrogen and oxygen atoms in total. The third kappa shape index (κ3) is 2.83. The van der Waals surface area contributed by atoms with Crippen LogP contribution in [0.15, 0.2) is 5.38 Å². The maximum absolute atomic E-state index is 12.3. The molecule has 0 saturated carbocycles. The standard InChI is InChI=1S/C14H19N5OS/c1-14(2,3)8-4-5-9-10(7-21-11(9)6-8)12(20)15-13-16-18-19-17-13/h7-8H,4-6H2,1-3H3,(H2,15,16,17,18,19,20). The first-order valence-electron chi connectivity index (χ1n) is 7.09. The smallest absolute Gasteiger partial charge is 0.270 e. The lowest BCUT2D eigenvalue weighted by atomic mass is 9.72. The van der Waals surface area contributed by atoms with E-state index in [4.69, 9.17) is 0 Å². The van der Waals surface area contributed by atoms with E-state index in [0.717, 1.165) is 24.8 Å². The van der Waals surface area contributed by atoms with Crippen molar-refractivity contribution in [1.29, 1.82) is 0 Å². The summed E-state index contributed by atoms with van der Waals surface area (Å²) in [5.74, 6) is 0.739. The van der Waals surface area contributed by atoms with E-state index in [2.05, 4.69) is 46.7 Å². The summed E-state index contributed by atoms with van der Waals surface area (Å²) in [5.41, 5.74) is 2.27. The number of hydrogen-bond acceptors (Lipinski definition) is 5. The van der Waals surface area contributed by atoms with Crippen LogP contribution >= 0.6 is 11.3 Å². The van der Waals surface area contributed by atoms with Crippen molar-refractivity contribution in [2.75, 3.05) is 5.32 Å². The highest BCUT2D eigenvalue weighted by Gasteiger charge is 2.31. The Bertz CT molecular complexity index is 641. The number of H-pyrrole nitrogens is 1. The van der Waals surface area contributed by atoms with E-state index in [9.17, 15) is 4.79 Å². The van der Waals surface area contributed by atoms with Crippen LogP contribution in [0.25, 0.3) is 0 Å². The molecule has 1 aliphatic rings. The molecule has 0 aliphatic heterocycles. The first kappa shape index (κ1) is 14.2. The summed E-state index contributed by atoms with van der Waals surface area (Å²) in [6.45, 7) is 6.88. The maximum Gasteiger partial charge on any atom is 0.270 e. The van der Waals surface area contributed by atoms with Crippen molar-refractivity contribution in [3.63, 3.8) is 0 Å². The molecule has 0 spiro atoms. The molecule has 1 atom stereocenters. The van der Waals surface area contributed by atoms with Crippen LogP contribution < -0.4 is 5.32 Å². The molecule has 0 radical (unpaired) electrons. The lowest BCUT2D eigenvalue weighted by molar-refractivity contribution is 0.102. The summed E-state index contributed by atoms with van der Waals surface area (Å²) in [5, 5.41) is 17.9. The largest absolute Gasteiger partial charge is 0.288 e. The number of tetrazole rings is 1. The van der Waals surface area contributed by atoms with Crippen LogP contribution in [0.5, 0.6) is 0 Å². The monoisotopic (exact) mass is 305 g/mol. The fourth-order valence-corrected chi connectivity index (χ4v) is 3.99. The van der Waals surface area contributed by atoms with Gasteiger partial charge in [0.1, 0.15) is 0 Å². The van der Waals surface area contributed by atoms with Gasteiger partial charge in [-0.05, 0) is 41.4 Å². The predicted molar refractivity (Wildman–Crippen MR) is 81.4 cm³/mol. The molecule has 2 heterocycles. The Morgan fingerprint density at radius 1 is 1.48 bits per heavy atom. The van der Waals surface area contributed by atoms with Crippen molar-refractivity contribution in [1.82, 2.24) is 20.6 Å². The molecule has 0 bridgehead atoms. The highest BCUT2D eigenvalue weighted by atomic mass is 32.1. The second-order valence-electron chi connectivity index (χ2n) is 6.55. The van der Waals surface area contributed by atoms with Gasteiger partial charge in [0, 0.05) is 10.3 Å². The van der Waals surface area contributed by atoms with E-state index in [1.54, 1.807) is 11.3 Å². The minimum atomic E-state index is -0.150. The van der Waals surface area contributed by atoms with Gasteiger partial charge in [0.15, 0.2) is 0 Å². The summed E-state index contributed by atoms with van der Waals surface area (Å²) < 4.78 is 0. The minimum absolute atomic E-state index is 0.150. The van der Waals surface area contributed by atoms with Crippen LogP contribution in [-0.4, -0.2) is 26.5 Å². The maximum atomic E-state index is 12.3. The van der Waals surface area contributed by atoms with Gasteiger partial charge in [0.25, 0.3) is 11.9 Å². The number of nitrogens with zero attached hydrogens (tertiary/aromatic N) is 3. The van der Waals surface area contributed by atoms with Gasteiger partial charge in [-0.3, -0.25) is 10.1 Å². The Morgan fingerprint density at radius 2 is 2.29 bits per heavy atom. The fraction of sp³-hybridized carbons (Fsp3) is 0.571. The molecule has 1 unspecified atom stereocenters. The average Bonchev–Trinajstić information content (AvgIpc) is 3.05. The number of rotatable bonds is 2. The van der Waals surface area contributed by atoms with Crippen LogP contribution in [0.2, 0.25) is 0 Å². The van der Waals surface area contributed by atoms with Crippen molar-refractivity contribution in [2.24, 2.45) is 11.3 Å². The molecule has 1 amide bonds. The Balaban J connectivity index is 1.78. The van der Waals surface area contributed by atoms with E-state index in [0.29, 0.717) is 11.3 Å². The van der Waals surface area contributed by atoms with Crippen LogP contribution in [0.3, 0.4) is 0 Å². The quantitative estimate of drug-likeness (QED) is 0.893. The number of hydrogen-bond donors (Lipinski definition) is 2. The molecule has 112 valence electrons. The summed E-state index contributed by atoms with van der Waals surface area (Å²) in [4.78, 5) is 13.6.